The molecule has 8 heteroatoms. The first-order valence-electron chi connectivity index (χ1n) is 8.76. The number of aromatic nitrogens is 1. The second-order valence-electron chi connectivity index (χ2n) is 7.22. The lowest BCUT2D eigenvalue weighted by atomic mass is 9.83. The van der Waals surface area contributed by atoms with E-state index in [0.29, 0.717) is 24.5 Å². The van der Waals surface area contributed by atoms with Crippen LogP contribution < -0.4 is 10.2 Å². The van der Waals surface area contributed by atoms with E-state index in [-0.39, 0.29) is 25.4 Å². The highest BCUT2D eigenvalue weighted by Gasteiger charge is 2.37. The molecule has 0 unspecified atom stereocenters. The molecule has 0 fully saturated rings. The van der Waals surface area contributed by atoms with Gasteiger partial charge >= 0.3 is 0 Å². The van der Waals surface area contributed by atoms with Crippen molar-refractivity contribution in [1.29, 1.82) is 0 Å². The van der Waals surface area contributed by atoms with E-state index < -0.39 is 11.3 Å². The van der Waals surface area contributed by atoms with Gasteiger partial charge in [-0.25, -0.2) is 5.48 Å². The van der Waals surface area contributed by atoms with Gasteiger partial charge in [-0.15, -0.1) is 0 Å². The largest absolute Gasteiger partial charge is 0.491 e. The molecule has 1 aliphatic heterocycles. The quantitative estimate of drug-likeness (QED) is 0.607. The van der Waals surface area contributed by atoms with Crippen LogP contribution in [0, 0.1) is 0 Å². The number of hydrogen-bond acceptors (Lipinski definition) is 5. The summed E-state index contributed by atoms with van der Waals surface area (Å²) in [5.74, 6) is -0.0848. The maximum atomic E-state index is 13.4. The van der Waals surface area contributed by atoms with Crippen LogP contribution in [0.15, 0.2) is 42.7 Å². The summed E-state index contributed by atoms with van der Waals surface area (Å²) in [7, 11) is 0. The topological polar surface area (TPSA) is 91.8 Å². The van der Waals surface area contributed by atoms with Crippen molar-refractivity contribution in [3.63, 3.8) is 0 Å². The zero-order valence-corrected chi connectivity index (χ0v) is 17.1. The van der Waals surface area contributed by atoms with Gasteiger partial charge in [-0.2, -0.15) is 13.5 Å². The number of amides is 2. The Morgan fingerprint density at radius 2 is 2.07 bits per heavy atom. The van der Waals surface area contributed by atoms with Crippen LogP contribution in [0.5, 0.6) is 5.75 Å². The Morgan fingerprint density at radius 1 is 1.32 bits per heavy atom. The molecule has 0 radical (unpaired) electrons. The maximum absolute atomic E-state index is 13.4. The molecule has 0 spiro atoms. The molecule has 0 saturated heterocycles. The molecule has 0 aliphatic carbocycles. The van der Waals surface area contributed by atoms with Crippen LogP contribution in [0.3, 0.4) is 0 Å². The summed E-state index contributed by atoms with van der Waals surface area (Å²) in [6.07, 6.45) is 3.40. The van der Waals surface area contributed by atoms with Crippen molar-refractivity contribution in [3.05, 3.63) is 59.4 Å². The van der Waals surface area contributed by atoms with Crippen LogP contribution in [0.4, 0.5) is 0 Å². The molecule has 28 heavy (non-hydrogen) atoms. The summed E-state index contributed by atoms with van der Waals surface area (Å²) in [6, 6.07) is 8.50. The molecule has 2 aromatic rings. The Bertz CT molecular complexity index is 858. The van der Waals surface area contributed by atoms with Gasteiger partial charge in [0, 0.05) is 30.1 Å². The fourth-order valence-electron chi connectivity index (χ4n) is 3.15. The molecule has 7 nitrogen and oxygen atoms in total. The summed E-state index contributed by atoms with van der Waals surface area (Å²) in [5.41, 5.74) is 2.83. The number of hydrogen-bond donors (Lipinski definition) is 2. The van der Waals surface area contributed by atoms with E-state index >= 15 is 0 Å². The molecule has 1 aliphatic rings. The fourth-order valence-corrected chi connectivity index (χ4v) is 3.15. The normalized spacial score (nSPS) is 16.1. The van der Waals surface area contributed by atoms with Crippen LogP contribution >= 0.6 is 13.5 Å². The average molecular weight is 404 g/mol. The number of ether oxygens (including phenoxy) is 1. The number of benzene rings is 1. The number of hydroxylamine groups is 1. The Morgan fingerprint density at radius 3 is 2.71 bits per heavy atom. The van der Waals surface area contributed by atoms with E-state index in [1.54, 1.807) is 41.0 Å². The molecule has 1 atom stereocenters. The first-order valence-corrected chi connectivity index (χ1v) is 8.76. The molecule has 150 valence electrons. The Labute approximate surface area is 171 Å². The van der Waals surface area contributed by atoms with Gasteiger partial charge in [0.25, 0.3) is 5.91 Å². The third kappa shape index (κ3) is 4.13. The second-order valence-corrected chi connectivity index (χ2v) is 7.22. The van der Waals surface area contributed by atoms with Crippen molar-refractivity contribution in [1.82, 2.24) is 15.4 Å². The third-order valence-electron chi connectivity index (χ3n) is 4.96. The van der Waals surface area contributed by atoms with E-state index in [9.17, 15) is 9.59 Å². The van der Waals surface area contributed by atoms with Gasteiger partial charge in [-0.1, -0.05) is 12.1 Å². The maximum Gasteiger partial charge on any atom is 0.274 e. The van der Waals surface area contributed by atoms with Crippen LogP contribution in [-0.2, 0) is 16.8 Å². The first-order chi connectivity index (χ1) is 12.8. The molecule has 2 heterocycles. The fraction of sp³-hybridized carbons (Fsp3) is 0.350. The number of fused-ring (bicyclic) bond motifs is 1. The van der Waals surface area contributed by atoms with Crippen molar-refractivity contribution >= 4 is 25.3 Å². The number of carbonyl (C=O) groups is 2. The Hall–Kier alpha value is -2.58. The summed E-state index contributed by atoms with van der Waals surface area (Å²) in [5, 5.41) is 8.80. The van der Waals surface area contributed by atoms with Crippen molar-refractivity contribution in [3.8, 4) is 5.75 Å². The SMILES string of the molecule is C[C@H]1COc2cc(C(=O)NO)ccc2CN1C(=O)C(C)(C)c1cccnc1.S. The standard InChI is InChI=1S/C20H23N3O4.H2S/c1-13-12-27-17-9-14(18(24)22-26)6-7-15(17)11-23(13)19(25)20(2,3)16-5-4-8-21-10-16;/h4-10,13,26H,11-12H2,1-3H3,(H,22,24);1H2/t13-;/m0./s1. The van der Waals surface area contributed by atoms with E-state index in [4.69, 9.17) is 9.94 Å². The summed E-state index contributed by atoms with van der Waals surface area (Å²) in [6.45, 7) is 6.40. The van der Waals surface area contributed by atoms with Crippen molar-refractivity contribution in [2.24, 2.45) is 0 Å². The zero-order valence-electron chi connectivity index (χ0n) is 16.1. The number of nitrogens with zero attached hydrogens (tertiary/aromatic N) is 2. The van der Waals surface area contributed by atoms with E-state index in [1.165, 1.54) is 0 Å². The highest BCUT2D eigenvalue weighted by molar-refractivity contribution is 7.59. The van der Waals surface area contributed by atoms with E-state index in [1.807, 2.05) is 32.9 Å². The van der Waals surface area contributed by atoms with Crippen LogP contribution in [0.25, 0.3) is 0 Å². The average Bonchev–Trinajstić information content (AvgIpc) is 2.86. The molecule has 2 N–H and O–H groups in total. The zero-order chi connectivity index (χ0) is 19.6. The molecule has 2 amide bonds. The predicted molar refractivity (Wildman–Crippen MR) is 109 cm³/mol. The van der Waals surface area contributed by atoms with Crippen molar-refractivity contribution in [2.45, 2.75) is 38.8 Å². The van der Waals surface area contributed by atoms with Gasteiger partial charge in [-0.3, -0.25) is 19.8 Å². The van der Waals surface area contributed by atoms with Gasteiger partial charge in [0.05, 0.1) is 11.5 Å². The van der Waals surface area contributed by atoms with Gasteiger partial charge in [0.15, 0.2) is 0 Å². The lowest BCUT2D eigenvalue weighted by molar-refractivity contribution is -0.139. The van der Waals surface area contributed by atoms with Gasteiger partial charge in [0.1, 0.15) is 12.4 Å². The molecule has 3 rings (SSSR count). The smallest absolute Gasteiger partial charge is 0.274 e. The summed E-state index contributed by atoms with van der Waals surface area (Å²) < 4.78 is 5.83. The monoisotopic (exact) mass is 403 g/mol. The van der Waals surface area contributed by atoms with Crippen molar-refractivity contribution < 1.29 is 19.5 Å². The summed E-state index contributed by atoms with van der Waals surface area (Å²) >= 11 is 0. The third-order valence-corrected chi connectivity index (χ3v) is 4.96. The van der Waals surface area contributed by atoms with Gasteiger partial charge in [0.2, 0.25) is 5.91 Å². The molecule has 1 aromatic heterocycles. The highest BCUT2D eigenvalue weighted by atomic mass is 32.1. The number of carbonyl (C=O) groups excluding carboxylic acids is 2. The van der Waals surface area contributed by atoms with E-state index in [2.05, 4.69) is 4.98 Å². The molecule has 0 saturated carbocycles. The predicted octanol–water partition coefficient (Wildman–Crippen LogP) is 2.40. The minimum Gasteiger partial charge on any atom is -0.491 e. The second kappa shape index (κ2) is 8.62. The first kappa shape index (κ1) is 21.7. The van der Waals surface area contributed by atoms with Gasteiger partial charge < -0.3 is 9.64 Å². The lowest BCUT2D eigenvalue weighted by Gasteiger charge is -2.34. The lowest BCUT2D eigenvalue weighted by Crippen LogP contribution is -2.48. The van der Waals surface area contributed by atoms with Gasteiger partial charge in [-0.05, 0) is 44.5 Å². The summed E-state index contributed by atoms with van der Waals surface area (Å²) in [4.78, 5) is 30.9. The van der Waals surface area contributed by atoms with E-state index in [0.717, 1.165) is 11.1 Å². The minimum atomic E-state index is -0.732. The Kier molecular flexibility index (Phi) is 6.69. The molecule has 0 bridgehead atoms. The van der Waals surface area contributed by atoms with Crippen LogP contribution in [0.2, 0.25) is 0 Å². The molecular weight excluding hydrogens is 378 g/mol. The number of pyridine rings is 1. The number of nitrogens with one attached hydrogen (secondary N) is 1. The van der Waals surface area contributed by atoms with Crippen molar-refractivity contribution in [2.75, 3.05) is 6.61 Å². The van der Waals surface area contributed by atoms with Crippen LogP contribution in [-0.4, -0.2) is 39.6 Å². The van der Waals surface area contributed by atoms with Crippen LogP contribution in [0.1, 0.15) is 42.3 Å². The Balaban J connectivity index is 0.00000280. The number of rotatable bonds is 3. The molecular formula is C20H25N3O4S. The minimum absolute atomic E-state index is 0. The highest BCUT2D eigenvalue weighted by Crippen LogP contribution is 2.31. The molecule has 1 aromatic carbocycles.